The maximum Gasteiger partial charge on any atom is 0.305 e. The van der Waals surface area contributed by atoms with Gasteiger partial charge in [-0.1, -0.05) is 32.0 Å². The summed E-state index contributed by atoms with van der Waals surface area (Å²) in [6.07, 6.45) is -0.125. The van der Waals surface area contributed by atoms with Crippen molar-refractivity contribution in [3.05, 3.63) is 29.3 Å². The number of carboxylic acids is 1. The number of ether oxygens (including phenoxy) is 1. The van der Waals surface area contributed by atoms with Crippen molar-refractivity contribution in [2.75, 3.05) is 6.61 Å². The number of hydrogen-bond acceptors (Lipinski definition) is 3. The molecule has 1 unspecified atom stereocenters. The standard InChI is InChI=1S/C17H25NO4/c1-11(2)17(5,9-15(20)21)18-14(19)10-22-16-12(3)7-6-8-13(16)4/h6-8,11H,9-10H2,1-5H3,(H,18,19)(H,20,21). The average Bonchev–Trinajstić information content (AvgIpc) is 2.36. The Morgan fingerprint density at radius 2 is 1.82 bits per heavy atom. The van der Waals surface area contributed by atoms with Crippen LogP contribution in [0.1, 0.15) is 38.3 Å². The zero-order valence-electron chi connectivity index (χ0n) is 13.9. The van der Waals surface area contributed by atoms with E-state index in [4.69, 9.17) is 9.84 Å². The van der Waals surface area contributed by atoms with E-state index in [0.717, 1.165) is 11.1 Å². The van der Waals surface area contributed by atoms with Gasteiger partial charge in [0, 0.05) is 0 Å². The smallest absolute Gasteiger partial charge is 0.305 e. The molecule has 0 aliphatic heterocycles. The van der Waals surface area contributed by atoms with Crippen molar-refractivity contribution in [2.45, 2.75) is 46.6 Å². The third-order valence-corrected chi connectivity index (χ3v) is 3.97. The summed E-state index contributed by atoms with van der Waals surface area (Å²) in [5, 5.41) is 11.8. The molecule has 5 heteroatoms. The Bertz CT molecular complexity index is 533. The molecular formula is C17H25NO4. The van der Waals surface area contributed by atoms with E-state index >= 15 is 0 Å². The molecule has 0 fully saturated rings. The van der Waals surface area contributed by atoms with Crippen LogP contribution in [0.4, 0.5) is 0 Å². The van der Waals surface area contributed by atoms with Gasteiger partial charge in [0.2, 0.25) is 0 Å². The van der Waals surface area contributed by atoms with E-state index in [0.29, 0.717) is 5.75 Å². The summed E-state index contributed by atoms with van der Waals surface area (Å²) in [5.74, 6) is -0.567. The van der Waals surface area contributed by atoms with Crippen LogP contribution in [-0.4, -0.2) is 29.1 Å². The summed E-state index contributed by atoms with van der Waals surface area (Å²) in [7, 11) is 0. The molecule has 0 aromatic heterocycles. The van der Waals surface area contributed by atoms with Gasteiger partial charge in [-0.05, 0) is 37.8 Å². The van der Waals surface area contributed by atoms with Crippen LogP contribution in [0.3, 0.4) is 0 Å². The number of aryl methyl sites for hydroxylation is 2. The lowest BCUT2D eigenvalue weighted by atomic mass is 9.85. The lowest BCUT2D eigenvalue weighted by Gasteiger charge is -2.33. The van der Waals surface area contributed by atoms with Crippen molar-refractivity contribution in [3.8, 4) is 5.75 Å². The van der Waals surface area contributed by atoms with Gasteiger partial charge in [0.1, 0.15) is 5.75 Å². The second-order valence-corrected chi connectivity index (χ2v) is 6.20. The molecule has 1 aromatic carbocycles. The molecule has 0 radical (unpaired) electrons. The lowest BCUT2D eigenvalue weighted by molar-refractivity contribution is -0.139. The van der Waals surface area contributed by atoms with E-state index in [9.17, 15) is 9.59 Å². The Hall–Kier alpha value is -2.04. The third-order valence-electron chi connectivity index (χ3n) is 3.97. The van der Waals surface area contributed by atoms with Crippen molar-refractivity contribution in [1.82, 2.24) is 5.32 Å². The van der Waals surface area contributed by atoms with Gasteiger partial charge in [-0.15, -0.1) is 0 Å². The van der Waals surface area contributed by atoms with Crippen LogP contribution in [0.5, 0.6) is 5.75 Å². The molecule has 1 atom stereocenters. The first kappa shape index (κ1) is 18.0. The quantitative estimate of drug-likeness (QED) is 0.812. The minimum Gasteiger partial charge on any atom is -0.483 e. The number of hydrogen-bond donors (Lipinski definition) is 2. The maximum atomic E-state index is 12.1. The molecule has 122 valence electrons. The van der Waals surface area contributed by atoms with Crippen LogP contribution >= 0.6 is 0 Å². The van der Waals surface area contributed by atoms with E-state index in [-0.39, 0.29) is 24.9 Å². The summed E-state index contributed by atoms with van der Waals surface area (Å²) >= 11 is 0. The Kier molecular flexibility index (Phi) is 5.97. The first-order valence-corrected chi connectivity index (χ1v) is 7.37. The fraction of sp³-hybridized carbons (Fsp3) is 0.529. The van der Waals surface area contributed by atoms with Crippen molar-refractivity contribution in [1.29, 1.82) is 0 Å². The van der Waals surface area contributed by atoms with Gasteiger partial charge in [0.15, 0.2) is 6.61 Å². The van der Waals surface area contributed by atoms with Crippen molar-refractivity contribution in [2.24, 2.45) is 5.92 Å². The van der Waals surface area contributed by atoms with Gasteiger partial charge < -0.3 is 15.2 Å². The highest BCUT2D eigenvalue weighted by molar-refractivity contribution is 5.79. The van der Waals surface area contributed by atoms with Gasteiger partial charge in [0.25, 0.3) is 5.91 Å². The molecule has 0 saturated heterocycles. The molecule has 1 rings (SSSR count). The van der Waals surface area contributed by atoms with E-state index in [1.807, 2.05) is 45.9 Å². The van der Waals surface area contributed by atoms with Gasteiger partial charge in [-0.3, -0.25) is 9.59 Å². The van der Waals surface area contributed by atoms with Crippen molar-refractivity contribution >= 4 is 11.9 Å². The van der Waals surface area contributed by atoms with Crippen LogP contribution in [0.15, 0.2) is 18.2 Å². The van der Waals surface area contributed by atoms with Gasteiger partial charge in [0.05, 0.1) is 12.0 Å². The second kappa shape index (κ2) is 7.29. The number of para-hydroxylation sites is 1. The normalized spacial score (nSPS) is 13.5. The summed E-state index contributed by atoms with van der Waals surface area (Å²) in [4.78, 5) is 23.1. The summed E-state index contributed by atoms with van der Waals surface area (Å²) in [6.45, 7) is 9.22. The summed E-state index contributed by atoms with van der Waals surface area (Å²) < 4.78 is 5.60. The Labute approximate surface area is 131 Å². The molecule has 0 bridgehead atoms. The first-order chi connectivity index (χ1) is 10.2. The molecule has 22 heavy (non-hydrogen) atoms. The molecule has 5 nitrogen and oxygen atoms in total. The molecule has 0 aliphatic rings. The Morgan fingerprint density at radius 1 is 1.27 bits per heavy atom. The molecule has 1 amide bonds. The predicted molar refractivity (Wildman–Crippen MR) is 85.0 cm³/mol. The SMILES string of the molecule is Cc1cccc(C)c1OCC(=O)NC(C)(CC(=O)O)C(C)C. The van der Waals surface area contributed by atoms with Gasteiger partial charge in [-0.25, -0.2) is 0 Å². The fourth-order valence-corrected chi connectivity index (χ4v) is 2.23. The minimum absolute atomic E-state index is 0.00672. The largest absolute Gasteiger partial charge is 0.483 e. The second-order valence-electron chi connectivity index (χ2n) is 6.20. The summed E-state index contributed by atoms with van der Waals surface area (Å²) in [5.41, 5.74) is 1.13. The third kappa shape index (κ3) is 4.76. The zero-order valence-corrected chi connectivity index (χ0v) is 13.9. The number of rotatable bonds is 7. The molecule has 2 N–H and O–H groups in total. The number of benzene rings is 1. The number of aliphatic carboxylic acids is 1. The molecule has 0 heterocycles. The van der Waals surface area contributed by atoms with E-state index in [1.165, 1.54) is 0 Å². The molecule has 0 spiro atoms. The van der Waals surface area contributed by atoms with E-state index in [1.54, 1.807) is 6.92 Å². The zero-order chi connectivity index (χ0) is 16.9. The minimum atomic E-state index is -0.938. The Morgan fingerprint density at radius 3 is 2.27 bits per heavy atom. The van der Waals surface area contributed by atoms with Crippen LogP contribution in [-0.2, 0) is 9.59 Å². The van der Waals surface area contributed by atoms with Crippen LogP contribution in [0.2, 0.25) is 0 Å². The molecule has 1 aromatic rings. The number of carbonyl (C=O) groups excluding carboxylic acids is 1. The predicted octanol–water partition coefficient (Wildman–Crippen LogP) is 2.69. The highest BCUT2D eigenvalue weighted by Gasteiger charge is 2.32. The highest BCUT2D eigenvalue weighted by Crippen LogP contribution is 2.23. The van der Waals surface area contributed by atoms with Crippen molar-refractivity contribution in [3.63, 3.8) is 0 Å². The fourth-order valence-electron chi connectivity index (χ4n) is 2.23. The molecule has 0 aliphatic carbocycles. The van der Waals surface area contributed by atoms with Crippen LogP contribution in [0.25, 0.3) is 0 Å². The lowest BCUT2D eigenvalue weighted by Crippen LogP contribution is -2.52. The van der Waals surface area contributed by atoms with Crippen LogP contribution < -0.4 is 10.1 Å². The Balaban J connectivity index is 2.71. The monoisotopic (exact) mass is 307 g/mol. The highest BCUT2D eigenvalue weighted by atomic mass is 16.5. The van der Waals surface area contributed by atoms with Gasteiger partial charge >= 0.3 is 5.97 Å². The number of amides is 1. The van der Waals surface area contributed by atoms with Gasteiger partial charge in [-0.2, -0.15) is 0 Å². The first-order valence-electron chi connectivity index (χ1n) is 7.37. The topological polar surface area (TPSA) is 75.6 Å². The number of carboxylic acid groups (broad SMARTS) is 1. The maximum absolute atomic E-state index is 12.1. The number of carbonyl (C=O) groups is 2. The number of nitrogens with one attached hydrogen (secondary N) is 1. The van der Waals surface area contributed by atoms with E-state index in [2.05, 4.69) is 5.32 Å². The molecule has 0 saturated carbocycles. The molecular weight excluding hydrogens is 282 g/mol. The van der Waals surface area contributed by atoms with Crippen LogP contribution in [0, 0.1) is 19.8 Å². The average molecular weight is 307 g/mol. The van der Waals surface area contributed by atoms with Crippen molar-refractivity contribution < 1.29 is 19.4 Å². The van der Waals surface area contributed by atoms with E-state index < -0.39 is 11.5 Å². The summed E-state index contributed by atoms with van der Waals surface area (Å²) in [6, 6.07) is 5.77.